The number of hydrogen-bond donors (Lipinski definition) is 0. The van der Waals surface area contributed by atoms with Crippen LogP contribution < -0.4 is 0 Å². The molecule has 2 rings (SSSR count). The molecule has 1 saturated heterocycles. The van der Waals surface area contributed by atoms with Gasteiger partial charge in [-0.05, 0) is 0 Å². The predicted molar refractivity (Wildman–Crippen MR) is 45.4 cm³/mol. The molecule has 0 N–H and O–H groups in total. The number of rotatable bonds is 0. The van der Waals surface area contributed by atoms with Crippen molar-refractivity contribution >= 4 is 22.8 Å². The molecule has 2 aliphatic heterocycles. The van der Waals surface area contributed by atoms with Crippen molar-refractivity contribution in [3.8, 4) is 0 Å². The van der Waals surface area contributed by atoms with Crippen LogP contribution in [0.25, 0.3) is 0 Å². The first kappa shape index (κ1) is 6.91. The van der Waals surface area contributed by atoms with Gasteiger partial charge in [-0.2, -0.15) is 0 Å². The van der Waals surface area contributed by atoms with Crippen LogP contribution >= 0.6 is 11.8 Å². The van der Waals surface area contributed by atoms with E-state index in [4.69, 9.17) is 0 Å². The molecule has 0 bridgehead atoms. The van der Waals surface area contributed by atoms with E-state index in [1.807, 2.05) is 0 Å². The average Bonchev–Trinajstić information content (AvgIpc) is 2.31. The number of amidine groups is 1. The number of fused-ring (bicyclic) bond motifs is 1. The zero-order chi connectivity index (χ0) is 7.84. The number of thioether (sulfide) groups is 1. The smallest absolute Gasteiger partial charge is 0.230 e. The van der Waals surface area contributed by atoms with Gasteiger partial charge in [-0.15, -0.1) is 0 Å². The molecule has 1 fully saturated rings. The van der Waals surface area contributed by atoms with Gasteiger partial charge in [-0.25, -0.2) is 0 Å². The first-order valence-corrected chi connectivity index (χ1v) is 4.29. The maximum atomic E-state index is 11.2. The molecule has 0 unspecified atom stereocenters. The van der Waals surface area contributed by atoms with E-state index in [1.54, 1.807) is 4.90 Å². The lowest BCUT2D eigenvalue weighted by atomic mass is 10.3. The third-order valence-electron chi connectivity index (χ3n) is 1.67. The molecule has 2 heterocycles. The zero-order valence-corrected chi connectivity index (χ0v) is 6.86. The van der Waals surface area contributed by atoms with E-state index in [-0.39, 0.29) is 5.91 Å². The molecule has 0 aromatic heterocycles. The van der Waals surface area contributed by atoms with E-state index >= 15 is 0 Å². The highest BCUT2D eigenvalue weighted by atomic mass is 32.2. The zero-order valence-electron chi connectivity index (χ0n) is 6.04. The van der Waals surface area contributed by atoms with Gasteiger partial charge in [0.25, 0.3) is 0 Å². The van der Waals surface area contributed by atoms with Crippen LogP contribution in [0.1, 0.15) is 6.42 Å². The van der Waals surface area contributed by atoms with Gasteiger partial charge in [-0.1, -0.05) is 18.3 Å². The number of carbonyl (C=O) groups is 1. The maximum Gasteiger partial charge on any atom is 0.230 e. The Morgan fingerprint density at radius 3 is 3.18 bits per heavy atom. The maximum absolute atomic E-state index is 11.2. The molecule has 0 aromatic rings. The molecule has 2 aliphatic rings. The number of carbonyl (C=O) groups excluding carboxylic acids is 1. The molecular formula is C7H8N2OS. The quantitative estimate of drug-likeness (QED) is 0.537. The highest BCUT2D eigenvalue weighted by Crippen LogP contribution is 2.29. The Kier molecular flexibility index (Phi) is 1.49. The van der Waals surface area contributed by atoms with Crippen LogP contribution in [0.15, 0.2) is 16.5 Å². The number of aliphatic imine (C=N–C) groups is 1. The second-order valence-electron chi connectivity index (χ2n) is 2.53. The molecule has 0 spiro atoms. The van der Waals surface area contributed by atoms with Gasteiger partial charge in [0.2, 0.25) is 5.91 Å². The minimum atomic E-state index is 0.182. The standard InChI is InChI=1S/C7H8N2OS/c1-5-4-9-6(10)2-3-8-7(9)11-5/h1-4H2. The van der Waals surface area contributed by atoms with Crippen LogP contribution in [0.4, 0.5) is 0 Å². The Morgan fingerprint density at radius 1 is 1.64 bits per heavy atom. The molecule has 4 heteroatoms. The van der Waals surface area contributed by atoms with Gasteiger partial charge < -0.3 is 0 Å². The van der Waals surface area contributed by atoms with E-state index < -0.39 is 0 Å². The predicted octanol–water partition coefficient (Wildman–Crippen LogP) is 0.835. The summed E-state index contributed by atoms with van der Waals surface area (Å²) in [4.78, 5) is 18.1. The highest BCUT2D eigenvalue weighted by Gasteiger charge is 2.30. The molecular weight excluding hydrogens is 160 g/mol. The van der Waals surface area contributed by atoms with Gasteiger partial charge in [0.15, 0.2) is 5.17 Å². The molecule has 1 amide bonds. The molecule has 0 atom stereocenters. The van der Waals surface area contributed by atoms with E-state index in [2.05, 4.69) is 11.6 Å². The number of nitrogens with zero attached hydrogens (tertiary/aromatic N) is 2. The van der Waals surface area contributed by atoms with Crippen LogP contribution in [-0.4, -0.2) is 29.1 Å². The monoisotopic (exact) mass is 168 g/mol. The second-order valence-corrected chi connectivity index (χ2v) is 3.68. The molecule has 3 nitrogen and oxygen atoms in total. The molecule has 0 saturated carbocycles. The Bertz CT molecular complexity index is 259. The summed E-state index contributed by atoms with van der Waals surface area (Å²) in [5.41, 5.74) is 0. The first-order valence-electron chi connectivity index (χ1n) is 3.48. The fraction of sp³-hybridized carbons (Fsp3) is 0.429. The molecule has 58 valence electrons. The first-order chi connectivity index (χ1) is 5.27. The summed E-state index contributed by atoms with van der Waals surface area (Å²) in [6, 6.07) is 0. The Labute approximate surface area is 69.2 Å². The summed E-state index contributed by atoms with van der Waals surface area (Å²) in [5, 5.41) is 0.839. The largest absolute Gasteiger partial charge is 0.286 e. The fourth-order valence-electron chi connectivity index (χ4n) is 1.16. The Balaban J connectivity index is 2.30. The van der Waals surface area contributed by atoms with Crippen LogP contribution in [-0.2, 0) is 4.79 Å². The van der Waals surface area contributed by atoms with E-state index in [0.29, 0.717) is 19.5 Å². The summed E-state index contributed by atoms with van der Waals surface area (Å²) in [7, 11) is 0. The third kappa shape index (κ3) is 1.07. The molecule has 0 aromatic carbocycles. The van der Waals surface area contributed by atoms with Crippen molar-refractivity contribution in [1.82, 2.24) is 4.90 Å². The van der Waals surface area contributed by atoms with Crippen LogP contribution in [0, 0.1) is 0 Å². The van der Waals surface area contributed by atoms with Crippen molar-refractivity contribution in [3.63, 3.8) is 0 Å². The van der Waals surface area contributed by atoms with Crippen molar-refractivity contribution in [2.45, 2.75) is 6.42 Å². The summed E-state index contributed by atoms with van der Waals surface area (Å²) < 4.78 is 0. The average molecular weight is 168 g/mol. The van der Waals surface area contributed by atoms with Crippen molar-refractivity contribution < 1.29 is 4.79 Å². The van der Waals surface area contributed by atoms with E-state index in [9.17, 15) is 4.79 Å². The van der Waals surface area contributed by atoms with Gasteiger partial charge in [0.1, 0.15) is 0 Å². The summed E-state index contributed by atoms with van der Waals surface area (Å²) in [6.45, 7) is 5.10. The van der Waals surface area contributed by atoms with Crippen LogP contribution in [0.5, 0.6) is 0 Å². The molecule has 11 heavy (non-hydrogen) atoms. The van der Waals surface area contributed by atoms with Crippen molar-refractivity contribution in [2.24, 2.45) is 4.99 Å². The number of hydrogen-bond acceptors (Lipinski definition) is 3. The third-order valence-corrected chi connectivity index (χ3v) is 2.62. The second kappa shape index (κ2) is 2.37. The number of amides is 1. The fourth-order valence-corrected chi connectivity index (χ4v) is 2.04. The lowest BCUT2D eigenvalue weighted by Crippen LogP contribution is -2.35. The molecule has 0 aliphatic carbocycles. The highest BCUT2D eigenvalue weighted by molar-refractivity contribution is 8.17. The minimum absolute atomic E-state index is 0.182. The van der Waals surface area contributed by atoms with Crippen LogP contribution in [0.2, 0.25) is 0 Å². The normalized spacial score (nSPS) is 23.6. The van der Waals surface area contributed by atoms with Crippen LogP contribution in [0.3, 0.4) is 0 Å². The van der Waals surface area contributed by atoms with Gasteiger partial charge in [0.05, 0.1) is 13.1 Å². The lowest BCUT2D eigenvalue weighted by molar-refractivity contribution is -0.127. The van der Waals surface area contributed by atoms with Crippen molar-refractivity contribution in [1.29, 1.82) is 0 Å². The minimum Gasteiger partial charge on any atom is -0.286 e. The Morgan fingerprint density at radius 2 is 2.45 bits per heavy atom. The van der Waals surface area contributed by atoms with Gasteiger partial charge >= 0.3 is 0 Å². The van der Waals surface area contributed by atoms with Crippen molar-refractivity contribution in [3.05, 3.63) is 11.5 Å². The van der Waals surface area contributed by atoms with E-state index in [0.717, 1.165) is 10.1 Å². The summed E-state index contributed by atoms with van der Waals surface area (Å²) >= 11 is 1.51. The summed E-state index contributed by atoms with van der Waals surface area (Å²) in [6.07, 6.45) is 0.553. The van der Waals surface area contributed by atoms with E-state index in [1.165, 1.54) is 11.8 Å². The van der Waals surface area contributed by atoms with Gasteiger partial charge in [0, 0.05) is 11.3 Å². The molecule has 0 radical (unpaired) electrons. The SMILES string of the molecule is C=C1CN2C(=O)CCN=C2S1. The topological polar surface area (TPSA) is 32.7 Å². The van der Waals surface area contributed by atoms with Gasteiger partial charge in [-0.3, -0.25) is 14.7 Å². The Hall–Kier alpha value is -0.770. The van der Waals surface area contributed by atoms with Crippen molar-refractivity contribution in [2.75, 3.05) is 13.1 Å². The lowest BCUT2D eigenvalue weighted by Gasteiger charge is -2.18. The summed E-state index contributed by atoms with van der Waals surface area (Å²) in [5.74, 6) is 0.182.